The molecule has 0 heterocycles. The Morgan fingerprint density at radius 1 is 1.37 bits per heavy atom. The molecule has 0 aromatic heterocycles. The third-order valence-corrected chi connectivity index (χ3v) is 4.37. The molecule has 1 rings (SSSR count). The number of rotatable bonds is 6. The number of carbonyl (C=O) groups excluding carboxylic acids is 1. The number of hydrogen-bond donors (Lipinski definition) is 2. The number of aryl methyl sites for hydroxylation is 1. The molecule has 0 aliphatic heterocycles. The SMILES string of the molecule is CCC(CC)(CCl)CNC(=O)c1cc(C)ccc1O. The Morgan fingerprint density at radius 2 is 2.00 bits per heavy atom. The fourth-order valence-corrected chi connectivity index (χ4v) is 2.40. The van der Waals surface area contributed by atoms with Crippen LogP contribution in [0.15, 0.2) is 18.2 Å². The molecule has 3 nitrogen and oxygen atoms in total. The first-order valence-electron chi connectivity index (χ1n) is 6.62. The van der Waals surface area contributed by atoms with Gasteiger partial charge in [-0.15, -0.1) is 11.6 Å². The first kappa shape index (κ1) is 15.8. The lowest BCUT2D eigenvalue weighted by atomic mass is 9.84. The van der Waals surface area contributed by atoms with Gasteiger partial charge in [-0.25, -0.2) is 0 Å². The van der Waals surface area contributed by atoms with Gasteiger partial charge >= 0.3 is 0 Å². The van der Waals surface area contributed by atoms with Crippen LogP contribution in [0.4, 0.5) is 0 Å². The zero-order chi connectivity index (χ0) is 14.5. The van der Waals surface area contributed by atoms with Gasteiger partial charge in [0.05, 0.1) is 5.56 Å². The summed E-state index contributed by atoms with van der Waals surface area (Å²) in [5.41, 5.74) is 1.18. The Bertz CT molecular complexity index is 434. The first-order valence-corrected chi connectivity index (χ1v) is 7.15. The standard InChI is InChI=1S/C15H22ClNO2/c1-4-15(5-2,9-16)10-17-14(19)12-8-11(3)6-7-13(12)18/h6-8,18H,4-5,9-10H2,1-3H3,(H,17,19). The number of amides is 1. The third kappa shape index (κ3) is 3.87. The largest absolute Gasteiger partial charge is 0.507 e. The van der Waals surface area contributed by atoms with Crippen LogP contribution in [0.25, 0.3) is 0 Å². The number of benzene rings is 1. The molecular weight excluding hydrogens is 262 g/mol. The molecule has 19 heavy (non-hydrogen) atoms. The van der Waals surface area contributed by atoms with E-state index in [-0.39, 0.29) is 17.1 Å². The number of phenolic OH excluding ortho intramolecular Hbond substituents is 1. The number of hydrogen-bond acceptors (Lipinski definition) is 2. The van der Waals surface area contributed by atoms with Crippen LogP contribution in [0.2, 0.25) is 0 Å². The second-order valence-corrected chi connectivity index (χ2v) is 5.31. The molecule has 0 atom stereocenters. The van der Waals surface area contributed by atoms with E-state index < -0.39 is 0 Å². The molecule has 1 aromatic rings. The maximum atomic E-state index is 12.1. The molecule has 1 aromatic carbocycles. The molecule has 0 saturated heterocycles. The van der Waals surface area contributed by atoms with Gasteiger partial charge in [-0.1, -0.05) is 25.5 Å². The van der Waals surface area contributed by atoms with E-state index in [2.05, 4.69) is 19.2 Å². The molecule has 0 aliphatic rings. The number of nitrogens with one attached hydrogen (secondary N) is 1. The molecule has 4 heteroatoms. The van der Waals surface area contributed by atoms with Crippen LogP contribution in [0.5, 0.6) is 5.75 Å². The maximum Gasteiger partial charge on any atom is 0.255 e. The van der Waals surface area contributed by atoms with Crippen LogP contribution >= 0.6 is 11.6 Å². The van der Waals surface area contributed by atoms with Gasteiger partial charge in [0.1, 0.15) is 5.75 Å². The smallest absolute Gasteiger partial charge is 0.255 e. The van der Waals surface area contributed by atoms with Crippen LogP contribution < -0.4 is 5.32 Å². The normalized spacial score (nSPS) is 11.4. The molecule has 1 amide bonds. The predicted molar refractivity (Wildman–Crippen MR) is 78.9 cm³/mol. The highest BCUT2D eigenvalue weighted by molar-refractivity contribution is 6.18. The van der Waals surface area contributed by atoms with E-state index in [4.69, 9.17) is 11.6 Å². The molecule has 0 unspecified atom stereocenters. The summed E-state index contributed by atoms with van der Waals surface area (Å²) in [7, 11) is 0. The van der Waals surface area contributed by atoms with E-state index in [1.54, 1.807) is 18.2 Å². The molecule has 106 valence electrons. The molecule has 2 N–H and O–H groups in total. The average Bonchev–Trinajstić information content (AvgIpc) is 2.43. The van der Waals surface area contributed by atoms with Gasteiger partial charge in [-0.05, 0) is 31.9 Å². The van der Waals surface area contributed by atoms with E-state index in [1.807, 2.05) is 6.92 Å². The fourth-order valence-electron chi connectivity index (χ4n) is 1.93. The third-order valence-electron chi connectivity index (χ3n) is 3.80. The number of aromatic hydroxyl groups is 1. The van der Waals surface area contributed by atoms with Gasteiger partial charge < -0.3 is 10.4 Å². The summed E-state index contributed by atoms with van der Waals surface area (Å²) in [6.45, 7) is 6.55. The zero-order valence-electron chi connectivity index (χ0n) is 11.8. The summed E-state index contributed by atoms with van der Waals surface area (Å²) >= 11 is 6.01. The van der Waals surface area contributed by atoms with Gasteiger partial charge in [-0.2, -0.15) is 0 Å². The minimum atomic E-state index is -0.252. The van der Waals surface area contributed by atoms with Crippen molar-refractivity contribution in [1.29, 1.82) is 0 Å². The number of halogens is 1. The van der Waals surface area contributed by atoms with E-state index in [1.165, 1.54) is 0 Å². The van der Waals surface area contributed by atoms with Crippen LogP contribution in [0, 0.1) is 12.3 Å². The van der Waals surface area contributed by atoms with Gasteiger partial charge in [0.25, 0.3) is 5.91 Å². The first-order chi connectivity index (χ1) is 8.98. The van der Waals surface area contributed by atoms with E-state index in [0.717, 1.165) is 18.4 Å². The summed E-state index contributed by atoms with van der Waals surface area (Å²) in [6.07, 6.45) is 1.82. The lowest BCUT2D eigenvalue weighted by Crippen LogP contribution is -2.38. The minimum absolute atomic E-state index is 0.00701. The van der Waals surface area contributed by atoms with Gasteiger partial charge in [0, 0.05) is 17.8 Å². The topological polar surface area (TPSA) is 49.3 Å². The monoisotopic (exact) mass is 283 g/mol. The van der Waals surface area contributed by atoms with Crippen molar-refractivity contribution in [2.24, 2.45) is 5.41 Å². The number of carbonyl (C=O) groups is 1. The second kappa shape index (κ2) is 6.80. The summed E-state index contributed by atoms with van der Waals surface area (Å²) in [4.78, 5) is 12.1. The number of alkyl halides is 1. The van der Waals surface area contributed by atoms with E-state index >= 15 is 0 Å². The van der Waals surface area contributed by atoms with Crippen molar-refractivity contribution in [3.63, 3.8) is 0 Å². The summed E-state index contributed by atoms with van der Waals surface area (Å²) in [5.74, 6) is 0.269. The van der Waals surface area contributed by atoms with Crippen LogP contribution in [0.1, 0.15) is 42.6 Å². The van der Waals surface area contributed by atoms with Crippen molar-refractivity contribution in [2.75, 3.05) is 12.4 Å². The molecule has 0 radical (unpaired) electrons. The Kier molecular flexibility index (Phi) is 5.67. The predicted octanol–water partition coefficient (Wildman–Crippen LogP) is 3.48. The number of phenols is 1. The minimum Gasteiger partial charge on any atom is -0.507 e. The second-order valence-electron chi connectivity index (χ2n) is 5.04. The molecule has 0 aliphatic carbocycles. The zero-order valence-corrected chi connectivity index (χ0v) is 12.5. The van der Waals surface area contributed by atoms with Crippen molar-refractivity contribution in [3.05, 3.63) is 29.3 Å². The maximum absolute atomic E-state index is 12.1. The van der Waals surface area contributed by atoms with E-state index in [9.17, 15) is 9.90 Å². The van der Waals surface area contributed by atoms with Crippen molar-refractivity contribution in [1.82, 2.24) is 5.32 Å². The van der Waals surface area contributed by atoms with Crippen molar-refractivity contribution in [2.45, 2.75) is 33.6 Å². The van der Waals surface area contributed by atoms with E-state index in [0.29, 0.717) is 18.0 Å². The van der Waals surface area contributed by atoms with Crippen LogP contribution in [0.3, 0.4) is 0 Å². The highest BCUT2D eigenvalue weighted by Gasteiger charge is 2.26. The molecule has 0 saturated carbocycles. The van der Waals surface area contributed by atoms with Crippen LogP contribution in [-0.4, -0.2) is 23.4 Å². The Morgan fingerprint density at radius 3 is 2.53 bits per heavy atom. The highest BCUT2D eigenvalue weighted by Crippen LogP contribution is 2.27. The van der Waals surface area contributed by atoms with Crippen molar-refractivity contribution >= 4 is 17.5 Å². The Balaban J connectivity index is 2.77. The molecule has 0 spiro atoms. The lowest BCUT2D eigenvalue weighted by Gasteiger charge is -2.29. The molecule has 0 fully saturated rings. The van der Waals surface area contributed by atoms with Crippen molar-refractivity contribution in [3.8, 4) is 5.75 Å². The average molecular weight is 284 g/mol. The lowest BCUT2D eigenvalue weighted by molar-refractivity contribution is 0.0929. The highest BCUT2D eigenvalue weighted by atomic mass is 35.5. The van der Waals surface area contributed by atoms with Gasteiger partial charge in [0.15, 0.2) is 0 Å². The van der Waals surface area contributed by atoms with Gasteiger partial charge in [0.2, 0.25) is 0 Å². The fraction of sp³-hybridized carbons (Fsp3) is 0.533. The summed E-state index contributed by atoms with van der Waals surface area (Å²) in [5, 5.41) is 12.6. The van der Waals surface area contributed by atoms with Gasteiger partial charge in [-0.3, -0.25) is 4.79 Å². The summed E-state index contributed by atoms with van der Waals surface area (Å²) in [6, 6.07) is 5.00. The van der Waals surface area contributed by atoms with Crippen LogP contribution in [-0.2, 0) is 0 Å². The molecular formula is C15H22ClNO2. The Hall–Kier alpha value is -1.22. The van der Waals surface area contributed by atoms with Crippen molar-refractivity contribution < 1.29 is 9.90 Å². The summed E-state index contributed by atoms with van der Waals surface area (Å²) < 4.78 is 0. The Labute approximate surface area is 120 Å². The quantitative estimate of drug-likeness (QED) is 0.785. The molecule has 0 bridgehead atoms.